The highest BCUT2D eigenvalue weighted by atomic mass is 16.5. The average Bonchev–Trinajstić information content (AvgIpc) is 2.37. The summed E-state index contributed by atoms with van der Waals surface area (Å²) in [5.41, 5.74) is 0.907. The molecule has 0 bridgehead atoms. The fraction of sp³-hybridized carbons (Fsp3) is 0.385. The number of benzene rings is 1. The summed E-state index contributed by atoms with van der Waals surface area (Å²) >= 11 is 0. The molecular weight excluding hydrogens is 234 g/mol. The van der Waals surface area contributed by atoms with E-state index in [4.69, 9.17) is 9.47 Å². The zero-order valence-corrected chi connectivity index (χ0v) is 10.4. The molecule has 1 heterocycles. The fourth-order valence-corrected chi connectivity index (χ4v) is 1.76. The molecule has 1 aromatic rings. The molecule has 0 aromatic heterocycles. The molecule has 1 aromatic carbocycles. The molecule has 1 aliphatic rings. The summed E-state index contributed by atoms with van der Waals surface area (Å²) in [5, 5.41) is 2.73. The van der Waals surface area contributed by atoms with Crippen LogP contribution in [0.4, 0.5) is 5.69 Å². The number of hydrogen-bond acceptors (Lipinski definition) is 4. The first-order valence-corrected chi connectivity index (χ1v) is 5.94. The average molecular weight is 249 g/mol. The first-order chi connectivity index (χ1) is 8.65. The summed E-state index contributed by atoms with van der Waals surface area (Å²) in [4.78, 5) is 23.2. The quantitative estimate of drug-likeness (QED) is 0.832. The van der Waals surface area contributed by atoms with Gasteiger partial charge in [0.05, 0.1) is 17.9 Å². The molecule has 18 heavy (non-hydrogen) atoms. The molecule has 5 heteroatoms. The summed E-state index contributed by atoms with van der Waals surface area (Å²) in [6.45, 7) is 3.94. The van der Waals surface area contributed by atoms with E-state index in [0.717, 1.165) is 0 Å². The van der Waals surface area contributed by atoms with Crippen LogP contribution in [0.1, 0.15) is 30.6 Å². The molecular formula is C13H15NO4. The molecule has 1 amide bonds. The molecule has 0 saturated carbocycles. The summed E-state index contributed by atoms with van der Waals surface area (Å²) in [6.07, 6.45) is 0.135. The molecule has 1 aliphatic heterocycles. The first kappa shape index (κ1) is 12.4. The zero-order chi connectivity index (χ0) is 13.1. The lowest BCUT2D eigenvalue weighted by Gasteiger charge is -2.25. The Morgan fingerprint density at radius 3 is 2.89 bits per heavy atom. The zero-order valence-electron chi connectivity index (χ0n) is 10.4. The van der Waals surface area contributed by atoms with Crippen LogP contribution in [0.15, 0.2) is 18.2 Å². The van der Waals surface area contributed by atoms with Crippen LogP contribution in [0.5, 0.6) is 5.75 Å². The van der Waals surface area contributed by atoms with E-state index in [2.05, 4.69) is 5.32 Å². The van der Waals surface area contributed by atoms with Gasteiger partial charge in [0.1, 0.15) is 5.75 Å². The maximum absolute atomic E-state index is 11.6. The highest BCUT2D eigenvalue weighted by molar-refractivity contribution is 5.99. The number of carbonyl (C=O) groups is 2. The van der Waals surface area contributed by atoms with Gasteiger partial charge in [0, 0.05) is 0 Å². The highest BCUT2D eigenvalue weighted by Gasteiger charge is 2.26. The van der Waals surface area contributed by atoms with Gasteiger partial charge >= 0.3 is 5.97 Å². The van der Waals surface area contributed by atoms with E-state index in [9.17, 15) is 9.59 Å². The standard InChI is InChI=1S/C13H15NO4/c1-3-10-12(15)14-9-7-8(13(16)17-4-2)5-6-11(9)18-10/h5-7,10H,3-4H2,1-2H3,(H,14,15). The largest absolute Gasteiger partial charge is 0.478 e. The van der Waals surface area contributed by atoms with Crippen LogP contribution in [0.2, 0.25) is 0 Å². The lowest BCUT2D eigenvalue weighted by atomic mass is 10.1. The Morgan fingerprint density at radius 2 is 2.22 bits per heavy atom. The van der Waals surface area contributed by atoms with Crippen molar-refractivity contribution in [1.29, 1.82) is 0 Å². The molecule has 1 atom stereocenters. The Labute approximate surface area is 105 Å². The number of fused-ring (bicyclic) bond motifs is 1. The molecule has 96 valence electrons. The first-order valence-electron chi connectivity index (χ1n) is 5.94. The van der Waals surface area contributed by atoms with E-state index in [1.165, 1.54) is 0 Å². The second-order valence-electron chi connectivity index (χ2n) is 3.94. The van der Waals surface area contributed by atoms with Crippen molar-refractivity contribution in [2.24, 2.45) is 0 Å². The molecule has 0 aliphatic carbocycles. The molecule has 1 N–H and O–H groups in total. The number of hydrogen-bond donors (Lipinski definition) is 1. The lowest BCUT2D eigenvalue weighted by molar-refractivity contribution is -0.123. The van der Waals surface area contributed by atoms with Gasteiger partial charge in [0.2, 0.25) is 0 Å². The maximum atomic E-state index is 11.6. The highest BCUT2D eigenvalue weighted by Crippen LogP contribution is 2.31. The number of anilines is 1. The molecule has 2 rings (SSSR count). The number of carbonyl (C=O) groups excluding carboxylic acids is 2. The van der Waals surface area contributed by atoms with Crippen molar-refractivity contribution in [2.45, 2.75) is 26.4 Å². The van der Waals surface area contributed by atoms with Crippen LogP contribution in [-0.2, 0) is 9.53 Å². The number of esters is 1. The Bertz CT molecular complexity index is 484. The number of ether oxygens (including phenoxy) is 2. The van der Waals surface area contributed by atoms with Gasteiger partial charge in [-0.25, -0.2) is 4.79 Å². The monoisotopic (exact) mass is 249 g/mol. The number of nitrogens with one attached hydrogen (secondary N) is 1. The maximum Gasteiger partial charge on any atom is 0.338 e. The van der Waals surface area contributed by atoms with Crippen molar-refractivity contribution >= 4 is 17.6 Å². The van der Waals surface area contributed by atoms with Crippen molar-refractivity contribution in [3.05, 3.63) is 23.8 Å². The normalized spacial score (nSPS) is 17.4. The van der Waals surface area contributed by atoms with Gasteiger partial charge in [-0.15, -0.1) is 0 Å². The van der Waals surface area contributed by atoms with Gasteiger partial charge < -0.3 is 14.8 Å². The van der Waals surface area contributed by atoms with Crippen molar-refractivity contribution in [3.63, 3.8) is 0 Å². The summed E-state index contributed by atoms with van der Waals surface area (Å²) in [6, 6.07) is 4.86. The van der Waals surface area contributed by atoms with Crippen molar-refractivity contribution in [1.82, 2.24) is 0 Å². The minimum absolute atomic E-state index is 0.189. The van der Waals surface area contributed by atoms with E-state index in [1.807, 2.05) is 6.92 Å². The van der Waals surface area contributed by atoms with Crippen molar-refractivity contribution in [3.8, 4) is 5.75 Å². The van der Waals surface area contributed by atoms with Gasteiger partial charge in [-0.05, 0) is 31.5 Å². The van der Waals surface area contributed by atoms with E-state index in [1.54, 1.807) is 25.1 Å². The van der Waals surface area contributed by atoms with E-state index in [0.29, 0.717) is 30.0 Å². The predicted octanol–water partition coefficient (Wildman–Crippen LogP) is 1.97. The van der Waals surface area contributed by atoms with E-state index in [-0.39, 0.29) is 5.91 Å². The molecule has 0 fully saturated rings. The predicted molar refractivity (Wildman–Crippen MR) is 65.7 cm³/mol. The van der Waals surface area contributed by atoms with Crippen LogP contribution >= 0.6 is 0 Å². The molecule has 1 unspecified atom stereocenters. The number of rotatable bonds is 3. The molecule has 5 nitrogen and oxygen atoms in total. The minimum Gasteiger partial charge on any atom is -0.478 e. The Morgan fingerprint density at radius 1 is 1.44 bits per heavy atom. The summed E-state index contributed by atoms with van der Waals surface area (Å²) in [5.74, 6) is -0.0207. The Balaban J connectivity index is 2.26. The molecule has 0 radical (unpaired) electrons. The van der Waals surface area contributed by atoms with Gasteiger partial charge in [-0.1, -0.05) is 6.92 Å². The van der Waals surface area contributed by atoms with Crippen LogP contribution < -0.4 is 10.1 Å². The van der Waals surface area contributed by atoms with E-state index < -0.39 is 12.1 Å². The summed E-state index contributed by atoms with van der Waals surface area (Å²) in [7, 11) is 0. The summed E-state index contributed by atoms with van der Waals surface area (Å²) < 4.78 is 10.4. The molecule has 0 spiro atoms. The third kappa shape index (κ3) is 2.30. The van der Waals surface area contributed by atoms with Crippen molar-refractivity contribution in [2.75, 3.05) is 11.9 Å². The lowest BCUT2D eigenvalue weighted by Crippen LogP contribution is -2.36. The van der Waals surface area contributed by atoms with Gasteiger partial charge in [-0.2, -0.15) is 0 Å². The minimum atomic E-state index is -0.467. The fourth-order valence-electron chi connectivity index (χ4n) is 1.76. The van der Waals surface area contributed by atoms with Gasteiger partial charge in [-0.3, -0.25) is 4.79 Å². The smallest absolute Gasteiger partial charge is 0.338 e. The van der Waals surface area contributed by atoms with Crippen LogP contribution in [0.3, 0.4) is 0 Å². The Kier molecular flexibility index (Phi) is 3.50. The second kappa shape index (κ2) is 5.08. The van der Waals surface area contributed by atoms with Crippen LogP contribution in [-0.4, -0.2) is 24.6 Å². The number of amides is 1. The van der Waals surface area contributed by atoms with Crippen molar-refractivity contribution < 1.29 is 19.1 Å². The van der Waals surface area contributed by atoms with E-state index >= 15 is 0 Å². The van der Waals surface area contributed by atoms with Gasteiger partial charge in [0.25, 0.3) is 5.91 Å². The topological polar surface area (TPSA) is 64.6 Å². The SMILES string of the molecule is CCOC(=O)c1ccc2c(c1)NC(=O)C(CC)O2. The molecule has 0 saturated heterocycles. The second-order valence-corrected chi connectivity index (χ2v) is 3.94. The van der Waals surface area contributed by atoms with Gasteiger partial charge in [0.15, 0.2) is 6.10 Å². The third-order valence-electron chi connectivity index (χ3n) is 2.68. The Hall–Kier alpha value is -2.04. The third-order valence-corrected chi connectivity index (χ3v) is 2.68. The van der Waals surface area contributed by atoms with Crippen LogP contribution in [0, 0.1) is 0 Å². The van der Waals surface area contributed by atoms with Crippen LogP contribution in [0.25, 0.3) is 0 Å².